The third kappa shape index (κ3) is 3.19. The first-order valence-electron chi connectivity index (χ1n) is 6.72. The molecule has 2 aromatic rings. The predicted octanol–water partition coefficient (Wildman–Crippen LogP) is 3.14. The molecule has 0 unspecified atom stereocenters. The highest BCUT2D eigenvalue weighted by Crippen LogP contribution is 2.30. The maximum atomic E-state index is 12.3. The van der Waals surface area contributed by atoms with Crippen LogP contribution in [0.15, 0.2) is 16.7 Å². The van der Waals surface area contributed by atoms with Crippen molar-refractivity contribution in [3.05, 3.63) is 33.1 Å². The lowest BCUT2D eigenvalue weighted by Crippen LogP contribution is -2.39. The highest BCUT2D eigenvalue weighted by Gasteiger charge is 2.33. The van der Waals surface area contributed by atoms with Gasteiger partial charge < -0.3 is 14.7 Å². The Morgan fingerprint density at radius 2 is 2.48 bits per heavy atom. The van der Waals surface area contributed by atoms with Crippen LogP contribution in [0.25, 0.3) is 0 Å². The van der Waals surface area contributed by atoms with Crippen LogP contribution in [-0.4, -0.2) is 27.6 Å². The first-order chi connectivity index (χ1) is 10.1. The Labute approximate surface area is 131 Å². The van der Waals surface area contributed by atoms with E-state index >= 15 is 0 Å². The molecule has 0 saturated carbocycles. The van der Waals surface area contributed by atoms with Crippen molar-refractivity contribution in [3.8, 4) is 0 Å². The lowest BCUT2D eigenvalue weighted by molar-refractivity contribution is 0.189. The molecule has 1 N–H and O–H groups in total. The molecule has 21 heavy (non-hydrogen) atoms. The summed E-state index contributed by atoms with van der Waals surface area (Å²) in [6.07, 6.45) is 1.80. The molecule has 2 amide bonds. The number of amides is 2. The van der Waals surface area contributed by atoms with E-state index in [1.54, 1.807) is 11.8 Å². The van der Waals surface area contributed by atoms with E-state index in [0.29, 0.717) is 24.8 Å². The molecule has 0 radical (unpaired) electrons. The van der Waals surface area contributed by atoms with Crippen molar-refractivity contribution < 1.29 is 9.32 Å². The minimum atomic E-state index is -0.107. The number of nitrogens with zero attached hydrogens (tertiary/aromatic N) is 3. The molecule has 8 heteroatoms. The quantitative estimate of drug-likeness (QED) is 0.940. The van der Waals surface area contributed by atoms with E-state index in [1.165, 1.54) is 11.3 Å². The Bertz CT molecular complexity index is 642. The molecule has 0 aliphatic carbocycles. The van der Waals surface area contributed by atoms with Crippen LogP contribution >= 0.6 is 22.9 Å². The number of aryl methyl sites for hydroxylation is 1. The highest BCUT2D eigenvalue weighted by atomic mass is 35.5. The normalized spacial score (nSPS) is 18.2. The van der Waals surface area contributed by atoms with Crippen molar-refractivity contribution in [1.82, 2.24) is 20.4 Å². The fourth-order valence-electron chi connectivity index (χ4n) is 2.44. The molecular formula is C13H15ClN4O2S. The third-order valence-electron chi connectivity index (χ3n) is 3.40. The van der Waals surface area contributed by atoms with Gasteiger partial charge in [-0.1, -0.05) is 16.8 Å². The van der Waals surface area contributed by atoms with E-state index in [0.717, 1.165) is 22.1 Å². The number of carbonyl (C=O) groups excluding carboxylic acids is 1. The second-order valence-electron chi connectivity index (χ2n) is 4.89. The smallest absolute Gasteiger partial charge is 0.318 e. The zero-order valence-corrected chi connectivity index (χ0v) is 13.1. The van der Waals surface area contributed by atoms with Gasteiger partial charge in [0.15, 0.2) is 5.82 Å². The summed E-state index contributed by atoms with van der Waals surface area (Å²) < 4.78 is 5.73. The average Bonchev–Trinajstić information content (AvgIpc) is 3.16. The summed E-state index contributed by atoms with van der Waals surface area (Å²) in [5.74, 6) is 1.10. The van der Waals surface area contributed by atoms with Crippen LogP contribution in [-0.2, 0) is 6.54 Å². The highest BCUT2D eigenvalue weighted by molar-refractivity contribution is 7.16. The Kier molecular flexibility index (Phi) is 4.12. The van der Waals surface area contributed by atoms with E-state index in [1.807, 2.05) is 12.1 Å². The first-order valence-corrected chi connectivity index (χ1v) is 7.92. The van der Waals surface area contributed by atoms with Gasteiger partial charge in [-0.2, -0.15) is 4.98 Å². The van der Waals surface area contributed by atoms with Gasteiger partial charge in [-0.3, -0.25) is 0 Å². The van der Waals surface area contributed by atoms with Gasteiger partial charge in [-0.05, 0) is 25.0 Å². The number of urea groups is 1. The molecule has 0 spiro atoms. The second-order valence-corrected chi connectivity index (χ2v) is 6.69. The van der Waals surface area contributed by atoms with E-state index in [2.05, 4.69) is 15.5 Å². The monoisotopic (exact) mass is 326 g/mol. The topological polar surface area (TPSA) is 71.3 Å². The molecule has 1 aliphatic rings. The summed E-state index contributed by atoms with van der Waals surface area (Å²) in [6.45, 7) is 2.93. The Morgan fingerprint density at radius 1 is 1.62 bits per heavy atom. The number of rotatable bonds is 3. The van der Waals surface area contributed by atoms with Gasteiger partial charge in [0.05, 0.1) is 16.9 Å². The lowest BCUT2D eigenvalue weighted by atomic mass is 10.2. The van der Waals surface area contributed by atoms with Crippen LogP contribution in [0.1, 0.15) is 35.5 Å². The molecule has 3 heterocycles. The minimum absolute atomic E-state index is 0.102. The number of likely N-dealkylation sites (tertiary alicyclic amines) is 1. The summed E-state index contributed by atoms with van der Waals surface area (Å²) in [4.78, 5) is 19.3. The van der Waals surface area contributed by atoms with E-state index < -0.39 is 0 Å². The van der Waals surface area contributed by atoms with E-state index in [9.17, 15) is 4.79 Å². The van der Waals surface area contributed by atoms with Crippen LogP contribution in [0.5, 0.6) is 0 Å². The van der Waals surface area contributed by atoms with Crippen molar-refractivity contribution in [2.75, 3.05) is 6.54 Å². The number of hydrogen-bond donors (Lipinski definition) is 1. The minimum Gasteiger partial charge on any atom is -0.340 e. The number of hydrogen-bond acceptors (Lipinski definition) is 5. The predicted molar refractivity (Wildman–Crippen MR) is 79.3 cm³/mol. The number of nitrogens with one attached hydrogen (secondary N) is 1. The standard InChI is InChI=1S/C13H15ClN4O2S/c1-8-16-12(17-20-8)10-3-2-6-18(10)13(19)15-7-9-4-5-11(14)21-9/h4-5,10H,2-3,6-7H2,1H3,(H,15,19)/t10-/m0/s1. The maximum Gasteiger partial charge on any atom is 0.318 e. The molecule has 1 fully saturated rings. The largest absolute Gasteiger partial charge is 0.340 e. The molecule has 1 aliphatic heterocycles. The third-order valence-corrected chi connectivity index (χ3v) is 4.63. The summed E-state index contributed by atoms with van der Waals surface area (Å²) in [6, 6.07) is 3.53. The second kappa shape index (κ2) is 6.03. The fourth-order valence-corrected chi connectivity index (χ4v) is 3.47. The van der Waals surface area contributed by atoms with Gasteiger partial charge in [0.1, 0.15) is 0 Å². The van der Waals surface area contributed by atoms with Gasteiger partial charge >= 0.3 is 6.03 Å². The van der Waals surface area contributed by atoms with Crippen LogP contribution in [0, 0.1) is 6.92 Å². The maximum absolute atomic E-state index is 12.3. The molecule has 0 bridgehead atoms. The molecular weight excluding hydrogens is 312 g/mol. The Hall–Kier alpha value is -1.60. The van der Waals surface area contributed by atoms with Crippen LogP contribution in [0.2, 0.25) is 4.34 Å². The first kappa shape index (κ1) is 14.3. The van der Waals surface area contributed by atoms with Crippen molar-refractivity contribution in [2.45, 2.75) is 32.4 Å². The number of aromatic nitrogens is 2. The van der Waals surface area contributed by atoms with Gasteiger partial charge in [-0.15, -0.1) is 11.3 Å². The Balaban J connectivity index is 1.63. The van der Waals surface area contributed by atoms with Gasteiger partial charge in [0, 0.05) is 18.3 Å². The SMILES string of the molecule is Cc1nc([C@@H]2CCCN2C(=O)NCc2ccc(Cl)s2)no1. The van der Waals surface area contributed by atoms with Crippen molar-refractivity contribution in [1.29, 1.82) is 0 Å². The Morgan fingerprint density at radius 3 is 3.14 bits per heavy atom. The van der Waals surface area contributed by atoms with Gasteiger partial charge in [0.25, 0.3) is 0 Å². The number of carbonyl (C=O) groups is 1. The van der Waals surface area contributed by atoms with Gasteiger partial charge in [-0.25, -0.2) is 4.79 Å². The van der Waals surface area contributed by atoms with Crippen molar-refractivity contribution >= 4 is 29.0 Å². The molecule has 0 aromatic carbocycles. The zero-order valence-electron chi connectivity index (χ0n) is 11.5. The molecule has 1 atom stereocenters. The van der Waals surface area contributed by atoms with Crippen LogP contribution in [0.4, 0.5) is 4.79 Å². The fraction of sp³-hybridized carbons (Fsp3) is 0.462. The summed E-state index contributed by atoms with van der Waals surface area (Å²) in [7, 11) is 0. The van der Waals surface area contributed by atoms with Gasteiger partial charge in [0.2, 0.25) is 5.89 Å². The van der Waals surface area contributed by atoms with Crippen molar-refractivity contribution in [3.63, 3.8) is 0 Å². The van der Waals surface area contributed by atoms with E-state index in [4.69, 9.17) is 16.1 Å². The molecule has 112 valence electrons. The van der Waals surface area contributed by atoms with Crippen molar-refractivity contribution in [2.24, 2.45) is 0 Å². The summed E-state index contributed by atoms with van der Waals surface area (Å²) in [5, 5.41) is 6.84. The zero-order chi connectivity index (χ0) is 14.8. The van der Waals surface area contributed by atoms with E-state index in [-0.39, 0.29) is 12.1 Å². The molecule has 1 saturated heterocycles. The van der Waals surface area contributed by atoms with Crippen LogP contribution in [0.3, 0.4) is 0 Å². The number of thiophene rings is 1. The number of halogens is 1. The summed E-state index contributed by atoms with van der Waals surface area (Å²) in [5.41, 5.74) is 0. The summed E-state index contributed by atoms with van der Waals surface area (Å²) >= 11 is 7.34. The lowest BCUT2D eigenvalue weighted by Gasteiger charge is -2.22. The molecule has 3 rings (SSSR count). The average molecular weight is 327 g/mol. The molecule has 2 aromatic heterocycles. The van der Waals surface area contributed by atoms with Crippen LogP contribution < -0.4 is 5.32 Å². The molecule has 6 nitrogen and oxygen atoms in total.